The Labute approximate surface area is 141 Å². The van der Waals surface area contributed by atoms with Crippen molar-refractivity contribution in [2.75, 3.05) is 11.9 Å². The van der Waals surface area contributed by atoms with Crippen molar-refractivity contribution in [3.05, 3.63) is 56.2 Å². The monoisotopic (exact) mass is 415 g/mol. The summed E-state index contributed by atoms with van der Waals surface area (Å²) in [4.78, 5) is 0. The zero-order valence-electron chi connectivity index (χ0n) is 11.8. The first kappa shape index (κ1) is 16.3. The second-order valence-electron chi connectivity index (χ2n) is 4.63. The third-order valence-corrected chi connectivity index (χ3v) is 4.08. The van der Waals surface area contributed by atoms with Gasteiger partial charge in [0, 0.05) is 22.3 Å². The van der Waals surface area contributed by atoms with Crippen molar-refractivity contribution in [3.63, 3.8) is 0 Å². The van der Waals surface area contributed by atoms with Gasteiger partial charge in [-0.3, -0.25) is 0 Å². The Kier molecular flexibility index (Phi) is 5.65. The van der Waals surface area contributed by atoms with Gasteiger partial charge in [-0.15, -0.1) is 0 Å². The Balaban J connectivity index is 2.20. The van der Waals surface area contributed by atoms with Gasteiger partial charge in [-0.25, -0.2) is 4.39 Å². The Hall–Kier alpha value is -1.07. The molecule has 0 spiro atoms. The van der Waals surface area contributed by atoms with Crippen LogP contribution in [0, 0.1) is 12.7 Å². The molecule has 0 bridgehead atoms. The fourth-order valence-corrected chi connectivity index (χ4v) is 3.38. The predicted octanol–water partition coefficient (Wildman–Crippen LogP) is 5.67. The Morgan fingerprint density at radius 1 is 1.19 bits per heavy atom. The van der Waals surface area contributed by atoms with Crippen molar-refractivity contribution in [3.8, 4) is 5.75 Å². The van der Waals surface area contributed by atoms with E-state index in [-0.39, 0.29) is 5.82 Å². The highest BCUT2D eigenvalue weighted by Crippen LogP contribution is 2.33. The van der Waals surface area contributed by atoms with Crippen LogP contribution in [0.5, 0.6) is 5.75 Å². The fraction of sp³-hybridized carbons (Fsp3) is 0.250. The molecule has 112 valence electrons. The zero-order chi connectivity index (χ0) is 15.4. The molecule has 21 heavy (non-hydrogen) atoms. The Morgan fingerprint density at radius 3 is 2.62 bits per heavy atom. The Bertz CT molecular complexity index is 646. The minimum absolute atomic E-state index is 0.208. The fourth-order valence-electron chi connectivity index (χ4n) is 1.95. The maximum Gasteiger partial charge on any atom is 0.138 e. The maximum absolute atomic E-state index is 13.6. The van der Waals surface area contributed by atoms with E-state index in [0.717, 1.165) is 25.9 Å². The molecule has 0 saturated heterocycles. The molecule has 0 unspecified atom stereocenters. The average molecular weight is 417 g/mol. The smallest absolute Gasteiger partial charge is 0.138 e. The molecule has 0 fully saturated rings. The van der Waals surface area contributed by atoms with Crippen LogP contribution in [0.25, 0.3) is 0 Å². The van der Waals surface area contributed by atoms with Crippen LogP contribution in [-0.2, 0) is 6.54 Å². The summed E-state index contributed by atoms with van der Waals surface area (Å²) in [7, 11) is 0. The molecule has 1 N–H and O–H groups in total. The zero-order valence-corrected chi connectivity index (χ0v) is 15.0. The molecule has 0 amide bonds. The van der Waals surface area contributed by atoms with E-state index < -0.39 is 0 Å². The molecule has 0 saturated carbocycles. The van der Waals surface area contributed by atoms with Gasteiger partial charge in [0.25, 0.3) is 0 Å². The molecule has 0 aliphatic rings. The van der Waals surface area contributed by atoms with Gasteiger partial charge in [0.15, 0.2) is 0 Å². The first-order valence-electron chi connectivity index (χ1n) is 6.62. The number of anilines is 1. The van der Waals surface area contributed by atoms with E-state index in [4.69, 9.17) is 4.74 Å². The molecule has 0 aliphatic carbocycles. The normalized spacial score (nSPS) is 10.5. The van der Waals surface area contributed by atoms with Gasteiger partial charge >= 0.3 is 0 Å². The first-order valence-corrected chi connectivity index (χ1v) is 8.20. The number of aryl methyl sites for hydroxylation is 1. The van der Waals surface area contributed by atoms with E-state index in [2.05, 4.69) is 37.2 Å². The minimum Gasteiger partial charge on any atom is -0.492 e. The van der Waals surface area contributed by atoms with Crippen LogP contribution in [0.15, 0.2) is 39.3 Å². The van der Waals surface area contributed by atoms with Gasteiger partial charge in [-0.2, -0.15) is 0 Å². The molecular formula is C16H16Br2FNO. The lowest BCUT2D eigenvalue weighted by molar-refractivity contribution is 0.334. The number of hydrogen-bond acceptors (Lipinski definition) is 2. The van der Waals surface area contributed by atoms with Crippen molar-refractivity contribution in [1.29, 1.82) is 0 Å². The summed E-state index contributed by atoms with van der Waals surface area (Å²) in [6.45, 7) is 4.83. The standard InChI is InChI=1S/C16H16Br2FNO/c1-3-21-16-11(6-12(17)7-14(16)18)9-20-13-5-4-10(2)15(19)8-13/h4-8,20H,3,9H2,1-2H3. The van der Waals surface area contributed by atoms with Gasteiger partial charge in [-0.05, 0) is 59.6 Å². The maximum atomic E-state index is 13.6. The number of rotatable bonds is 5. The van der Waals surface area contributed by atoms with Crippen molar-refractivity contribution in [1.82, 2.24) is 0 Å². The molecule has 0 heterocycles. The second kappa shape index (κ2) is 7.27. The van der Waals surface area contributed by atoms with Gasteiger partial charge in [0.1, 0.15) is 11.6 Å². The molecule has 2 rings (SSSR count). The summed E-state index contributed by atoms with van der Waals surface area (Å²) >= 11 is 6.98. The highest BCUT2D eigenvalue weighted by atomic mass is 79.9. The van der Waals surface area contributed by atoms with Gasteiger partial charge < -0.3 is 10.1 Å². The summed E-state index contributed by atoms with van der Waals surface area (Å²) in [5.74, 6) is 0.598. The van der Waals surface area contributed by atoms with Gasteiger partial charge in [-0.1, -0.05) is 22.0 Å². The largest absolute Gasteiger partial charge is 0.492 e. The number of halogens is 3. The van der Waals surface area contributed by atoms with Gasteiger partial charge in [0.2, 0.25) is 0 Å². The topological polar surface area (TPSA) is 21.3 Å². The molecule has 0 radical (unpaired) electrons. The lowest BCUT2D eigenvalue weighted by Crippen LogP contribution is -2.04. The third kappa shape index (κ3) is 4.20. The summed E-state index contributed by atoms with van der Waals surface area (Å²) in [6, 6.07) is 9.07. The Morgan fingerprint density at radius 2 is 1.95 bits per heavy atom. The van der Waals surface area contributed by atoms with Crippen molar-refractivity contribution in [2.45, 2.75) is 20.4 Å². The van der Waals surface area contributed by atoms with E-state index in [0.29, 0.717) is 18.7 Å². The van der Waals surface area contributed by atoms with Crippen LogP contribution in [0.2, 0.25) is 0 Å². The van der Waals surface area contributed by atoms with Crippen molar-refractivity contribution in [2.24, 2.45) is 0 Å². The van der Waals surface area contributed by atoms with E-state index >= 15 is 0 Å². The van der Waals surface area contributed by atoms with E-state index in [1.54, 1.807) is 13.0 Å². The summed E-state index contributed by atoms with van der Waals surface area (Å²) < 4.78 is 21.1. The molecule has 2 aromatic carbocycles. The minimum atomic E-state index is -0.208. The lowest BCUT2D eigenvalue weighted by Gasteiger charge is -2.14. The molecule has 0 aliphatic heterocycles. The first-order chi connectivity index (χ1) is 10.0. The van der Waals surface area contributed by atoms with Gasteiger partial charge in [0.05, 0.1) is 11.1 Å². The molecule has 2 nitrogen and oxygen atoms in total. The van der Waals surface area contributed by atoms with Crippen LogP contribution < -0.4 is 10.1 Å². The number of benzene rings is 2. The van der Waals surface area contributed by atoms with Crippen LogP contribution in [-0.4, -0.2) is 6.61 Å². The van der Waals surface area contributed by atoms with E-state index in [1.165, 1.54) is 6.07 Å². The second-order valence-corrected chi connectivity index (χ2v) is 6.40. The van der Waals surface area contributed by atoms with Crippen LogP contribution in [0.3, 0.4) is 0 Å². The lowest BCUT2D eigenvalue weighted by atomic mass is 10.1. The summed E-state index contributed by atoms with van der Waals surface area (Å²) in [6.07, 6.45) is 0. The van der Waals surface area contributed by atoms with Crippen LogP contribution in [0.1, 0.15) is 18.1 Å². The highest BCUT2D eigenvalue weighted by Gasteiger charge is 2.10. The third-order valence-electron chi connectivity index (χ3n) is 3.03. The predicted molar refractivity (Wildman–Crippen MR) is 91.5 cm³/mol. The molecule has 5 heteroatoms. The molecule has 2 aromatic rings. The highest BCUT2D eigenvalue weighted by molar-refractivity contribution is 9.11. The molecule has 0 aromatic heterocycles. The SMILES string of the molecule is CCOc1c(Br)cc(Br)cc1CNc1ccc(C)c(F)c1. The van der Waals surface area contributed by atoms with Crippen molar-refractivity contribution < 1.29 is 9.13 Å². The van der Waals surface area contributed by atoms with E-state index in [9.17, 15) is 4.39 Å². The number of ether oxygens (including phenoxy) is 1. The number of nitrogens with one attached hydrogen (secondary N) is 1. The number of hydrogen-bond donors (Lipinski definition) is 1. The quantitative estimate of drug-likeness (QED) is 0.677. The van der Waals surface area contributed by atoms with E-state index in [1.807, 2.05) is 25.1 Å². The van der Waals surface area contributed by atoms with Crippen molar-refractivity contribution >= 4 is 37.5 Å². The average Bonchev–Trinajstić information content (AvgIpc) is 2.43. The van der Waals surface area contributed by atoms with Crippen LogP contribution in [0.4, 0.5) is 10.1 Å². The van der Waals surface area contributed by atoms with Crippen LogP contribution >= 0.6 is 31.9 Å². The summed E-state index contributed by atoms with van der Waals surface area (Å²) in [5.41, 5.74) is 2.39. The molecule has 0 atom stereocenters. The molecular weight excluding hydrogens is 401 g/mol. The summed E-state index contributed by atoms with van der Waals surface area (Å²) in [5, 5.41) is 3.22.